The van der Waals surface area contributed by atoms with E-state index in [9.17, 15) is 23.2 Å². The summed E-state index contributed by atoms with van der Waals surface area (Å²) in [6.45, 7) is 2.83. The lowest BCUT2D eigenvalue weighted by Gasteiger charge is -2.15. The van der Waals surface area contributed by atoms with E-state index in [4.69, 9.17) is 24.2 Å². The number of halogens is 3. The van der Waals surface area contributed by atoms with Crippen molar-refractivity contribution in [2.24, 2.45) is 0 Å². The lowest BCUT2D eigenvalue weighted by molar-refractivity contribution is 0.0803. The van der Waals surface area contributed by atoms with Crippen LogP contribution in [0.4, 0.5) is 20.2 Å². The number of hydrogen-bond acceptors (Lipinski definition) is 6. The van der Waals surface area contributed by atoms with Crippen molar-refractivity contribution >= 4 is 65.3 Å². The minimum atomic E-state index is -2.76. The van der Waals surface area contributed by atoms with Gasteiger partial charge in [0.25, 0.3) is 24.1 Å². The number of amides is 3. The molecule has 0 aliphatic carbocycles. The summed E-state index contributed by atoms with van der Waals surface area (Å²) in [5.41, 5.74) is 2.10. The quantitative estimate of drug-likeness (QED) is 0.212. The van der Waals surface area contributed by atoms with Crippen LogP contribution in [0.2, 0.25) is 5.02 Å². The fourth-order valence-electron chi connectivity index (χ4n) is 3.89. The number of aromatic nitrogens is 1. The Hall–Kier alpha value is -4.29. The Morgan fingerprint density at radius 1 is 0.929 bits per heavy atom. The molecule has 0 bridgehead atoms. The fraction of sp³-hybridized carbons (Fsp3) is 0.172. The van der Waals surface area contributed by atoms with Gasteiger partial charge in [0, 0.05) is 22.8 Å². The van der Waals surface area contributed by atoms with E-state index in [1.54, 1.807) is 30.3 Å². The van der Waals surface area contributed by atoms with Crippen LogP contribution >= 0.6 is 22.9 Å². The maximum Gasteiger partial charge on any atom is 0.272 e. The van der Waals surface area contributed by atoms with Crippen molar-refractivity contribution in [2.75, 3.05) is 17.2 Å². The zero-order valence-electron chi connectivity index (χ0n) is 22.5. The number of nitrogens with zero attached hydrogens (tertiary/aromatic N) is 1. The van der Waals surface area contributed by atoms with E-state index in [2.05, 4.69) is 20.9 Å². The largest absolute Gasteiger partial charge is 0.487 e. The number of nitrogens with one attached hydrogen (secondary N) is 3. The third kappa shape index (κ3) is 7.92. The number of anilines is 2. The van der Waals surface area contributed by atoms with Crippen molar-refractivity contribution in [3.8, 4) is 5.75 Å². The topological polar surface area (TPSA) is 109 Å². The van der Waals surface area contributed by atoms with Crippen LogP contribution < -0.4 is 26.2 Å². The molecule has 1 heterocycles. The average Bonchev–Trinajstić information content (AvgIpc) is 3.30. The molecule has 0 spiro atoms. The van der Waals surface area contributed by atoms with Gasteiger partial charge in [-0.2, -0.15) is 0 Å². The first kappa shape index (κ1) is 30.7. The van der Waals surface area contributed by atoms with Gasteiger partial charge in [-0.15, -0.1) is 11.3 Å². The van der Waals surface area contributed by atoms with Gasteiger partial charge in [-0.1, -0.05) is 35.3 Å². The van der Waals surface area contributed by atoms with Gasteiger partial charge in [0.05, 0.1) is 21.2 Å². The van der Waals surface area contributed by atoms with Crippen LogP contribution in [0.5, 0.6) is 5.75 Å². The van der Waals surface area contributed by atoms with Gasteiger partial charge in [0.15, 0.2) is 0 Å². The molecule has 0 fully saturated rings. The molecule has 13 heteroatoms. The number of hydrogen-bond donors (Lipinski definition) is 3. The molecule has 4 aromatic rings. The van der Waals surface area contributed by atoms with Gasteiger partial charge in [-0.3, -0.25) is 14.4 Å². The summed E-state index contributed by atoms with van der Waals surface area (Å²) in [4.78, 5) is 43.8. The molecule has 0 saturated carbocycles. The molecular formula is C29H24BClF2N4O4S. The van der Waals surface area contributed by atoms with Crippen LogP contribution in [0.1, 0.15) is 46.7 Å². The molecular weight excluding hydrogens is 585 g/mol. The van der Waals surface area contributed by atoms with Gasteiger partial charge in [-0.25, -0.2) is 13.8 Å². The Bertz CT molecular complexity index is 1630. The second-order valence-corrected chi connectivity index (χ2v) is 10.9. The molecule has 214 valence electrons. The Kier molecular flexibility index (Phi) is 9.92. The highest BCUT2D eigenvalue weighted by Gasteiger charge is 2.19. The Labute approximate surface area is 250 Å². The molecule has 3 N–H and O–H groups in total. The first-order valence-electron chi connectivity index (χ1n) is 12.5. The molecule has 0 unspecified atom stereocenters. The van der Waals surface area contributed by atoms with Crippen molar-refractivity contribution in [1.29, 1.82) is 0 Å². The highest BCUT2D eigenvalue weighted by Crippen LogP contribution is 2.26. The summed E-state index contributed by atoms with van der Waals surface area (Å²) in [5, 5.41) is 9.04. The van der Waals surface area contributed by atoms with Crippen molar-refractivity contribution in [3.63, 3.8) is 0 Å². The van der Waals surface area contributed by atoms with Crippen LogP contribution in [0.15, 0.2) is 60.7 Å². The first-order valence-corrected chi connectivity index (χ1v) is 13.7. The first-order chi connectivity index (χ1) is 20.0. The van der Waals surface area contributed by atoms with Crippen LogP contribution in [0.3, 0.4) is 0 Å². The minimum Gasteiger partial charge on any atom is -0.487 e. The monoisotopic (exact) mass is 608 g/mol. The molecule has 42 heavy (non-hydrogen) atoms. The highest BCUT2D eigenvalue weighted by molar-refractivity contribution is 7.11. The number of aryl methyl sites for hydroxylation is 2. The number of ether oxygens (including phenoxy) is 1. The molecule has 2 radical (unpaired) electrons. The minimum absolute atomic E-state index is 0.0830. The molecule has 8 nitrogen and oxygen atoms in total. The highest BCUT2D eigenvalue weighted by atomic mass is 35.5. The lowest BCUT2D eigenvalue weighted by atomic mass is 9.96. The molecule has 1 aromatic heterocycles. The predicted octanol–water partition coefficient (Wildman–Crippen LogP) is 5.29. The average molecular weight is 609 g/mol. The fourth-order valence-corrected chi connectivity index (χ4v) is 4.91. The molecule has 0 aliphatic heterocycles. The maximum atomic E-state index is 13.2. The van der Waals surface area contributed by atoms with Crippen LogP contribution in [-0.4, -0.2) is 43.6 Å². The zero-order valence-corrected chi connectivity index (χ0v) is 24.0. The third-order valence-corrected chi connectivity index (χ3v) is 7.08. The van der Waals surface area contributed by atoms with Gasteiger partial charge in [-0.05, 0) is 61.9 Å². The van der Waals surface area contributed by atoms with Gasteiger partial charge < -0.3 is 20.7 Å². The number of benzene rings is 3. The standard InChI is InChI=1S/C29H24BClF2N4O4S/c1-15-26(35-16(2)42-15)29(40)34-13-17-3-9-23(31)21(11-17)27(38)37-20-8-10-24(41-14-25(32)33)22(12-20)28(39)36-19-6-4-18(30)5-7-19/h3-12,25H,13-14H2,1-2H3,(H,34,40)(H,36,39)(H,37,38). The summed E-state index contributed by atoms with van der Waals surface area (Å²) in [5.74, 6) is -1.67. The maximum absolute atomic E-state index is 13.2. The van der Waals surface area contributed by atoms with Crippen LogP contribution in [0, 0.1) is 13.8 Å². The zero-order chi connectivity index (χ0) is 30.4. The smallest absolute Gasteiger partial charge is 0.272 e. The summed E-state index contributed by atoms with van der Waals surface area (Å²) >= 11 is 7.72. The van der Waals surface area contributed by atoms with Gasteiger partial charge in [0.1, 0.15) is 25.9 Å². The Balaban J connectivity index is 1.51. The van der Waals surface area contributed by atoms with Gasteiger partial charge >= 0.3 is 0 Å². The van der Waals surface area contributed by atoms with Gasteiger partial charge in [0.2, 0.25) is 0 Å². The van der Waals surface area contributed by atoms with E-state index in [0.717, 1.165) is 9.88 Å². The van der Waals surface area contributed by atoms with Crippen molar-refractivity contribution in [1.82, 2.24) is 10.3 Å². The van der Waals surface area contributed by atoms with Crippen molar-refractivity contribution < 1.29 is 27.9 Å². The van der Waals surface area contributed by atoms with E-state index in [0.29, 0.717) is 22.4 Å². The Morgan fingerprint density at radius 3 is 2.26 bits per heavy atom. The molecule has 3 amide bonds. The van der Waals surface area contributed by atoms with E-state index in [1.807, 2.05) is 13.8 Å². The molecule has 0 aliphatic rings. The number of alkyl halides is 2. The number of thiazole rings is 1. The number of rotatable bonds is 10. The van der Waals surface area contributed by atoms with Crippen molar-refractivity contribution in [2.45, 2.75) is 26.8 Å². The van der Waals surface area contributed by atoms with E-state index in [1.165, 1.54) is 41.7 Å². The van der Waals surface area contributed by atoms with Crippen LogP contribution in [-0.2, 0) is 6.54 Å². The van der Waals surface area contributed by atoms with Crippen LogP contribution in [0.25, 0.3) is 0 Å². The lowest BCUT2D eigenvalue weighted by Crippen LogP contribution is -2.24. The van der Waals surface area contributed by atoms with E-state index in [-0.39, 0.29) is 40.0 Å². The predicted molar refractivity (Wildman–Crippen MR) is 160 cm³/mol. The molecule has 4 rings (SSSR count). The summed E-state index contributed by atoms with van der Waals surface area (Å²) < 4.78 is 30.8. The molecule has 0 atom stereocenters. The molecule has 3 aromatic carbocycles. The number of carbonyl (C=O) groups is 3. The summed E-state index contributed by atoms with van der Waals surface area (Å²) in [6, 6.07) is 15.1. The third-order valence-electron chi connectivity index (χ3n) is 5.86. The molecule has 0 saturated heterocycles. The Morgan fingerprint density at radius 2 is 1.60 bits per heavy atom. The normalized spacial score (nSPS) is 10.8. The van der Waals surface area contributed by atoms with E-state index < -0.39 is 24.8 Å². The summed E-state index contributed by atoms with van der Waals surface area (Å²) in [7, 11) is 5.68. The summed E-state index contributed by atoms with van der Waals surface area (Å²) in [6.07, 6.45) is -2.76. The van der Waals surface area contributed by atoms with E-state index >= 15 is 0 Å². The number of carbonyl (C=O) groups excluding carboxylic acids is 3. The van der Waals surface area contributed by atoms with Crippen molar-refractivity contribution in [3.05, 3.63) is 98.0 Å². The SMILES string of the molecule is [B]c1ccc(NC(=O)c2cc(NC(=O)c3cc(CNC(=O)c4nc(C)sc4C)ccc3Cl)ccc2OCC(F)F)cc1. The second kappa shape index (κ2) is 13.6. The second-order valence-electron chi connectivity index (χ2n) is 9.08.